The van der Waals surface area contributed by atoms with Gasteiger partial charge in [0, 0.05) is 16.4 Å². The van der Waals surface area contributed by atoms with E-state index in [1.807, 2.05) is 13.8 Å². The summed E-state index contributed by atoms with van der Waals surface area (Å²) < 4.78 is 27.8. The minimum atomic E-state index is -3.70. The molecule has 106 valence electrons. The van der Waals surface area contributed by atoms with E-state index < -0.39 is 10.0 Å². The standard InChI is InChI=1S/C13H14BrN3O2S/c1-8-5-11(6-12(15)9(8)2)20(18,19)17-13-4-3-10(14)7-16-13/h3-7H,15H2,1-2H3,(H,16,17). The summed E-state index contributed by atoms with van der Waals surface area (Å²) in [7, 11) is -3.70. The van der Waals surface area contributed by atoms with Gasteiger partial charge in [-0.25, -0.2) is 13.4 Å². The minimum Gasteiger partial charge on any atom is -0.398 e. The largest absolute Gasteiger partial charge is 0.398 e. The molecule has 0 bridgehead atoms. The number of pyridine rings is 1. The van der Waals surface area contributed by atoms with Crippen LogP contribution in [0.1, 0.15) is 11.1 Å². The number of nitrogens with zero attached hydrogens (tertiary/aromatic N) is 1. The molecule has 0 spiro atoms. The topological polar surface area (TPSA) is 85.1 Å². The number of nitrogens with two attached hydrogens (primary N) is 1. The third-order valence-electron chi connectivity index (χ3n) is 2.96. The third kappa shape index (κ3) is 3.10. The van der Waals surface area contributed by atoms with Crippen LogP contribution >= 0.6 is 15.9 Å². The van der Waals surface area contributed by atoms with E-state index in [4.69, 9.17) is 5.73 Å². The summed E-state index contributed by atoms with van der Waals surface area (Å²) in [6, 6.07) is 6.32. The van der Waals surface area contributed by atoms with E-state index in [1.54, 1.807) is 18.2 Å². The van der Waals surface area contributed by atoms with Crippen LogP contribution in [0.5, 0.6) is 0 Å². The van der Waals surface area contributed by atoms with Crippen molar-refractivity contribution >= 4 is 37.5 Å². The number of hydrogen-bond acceptors (Lipinski definition) is 4. The van der Waals surface area contributed by atoms with Crippen LogP contribution in [0, 0.1) is 13.8 Å². The molecule has 0 saturated carbocycles. The van der Waals surface area contributed by atoms with Crippen molar-refractivity contribution in [3.63, 3.8) is 0 Å². The first kappa shape index (κ1) is 14.8. The molecular weight excluding hydrogens is 342 g/mol. The van der Waals surface area contributed by atoms with Gasteiger partial charge in [-0.05, 0) is 65.2 Å². The zero-order chi connectivity index (χ0) is 14.9. The SMILES string of the molecule is Cc1cc(S(=O)(=O)Nc2ccc(Br)cn2)cc(N)c1C. The van der Waals surface area contributed by atoms with Crippen LogP contribution in [0.4, 0.5) is 11.5 Å². The lowest BCUT2D eigenvalue weighted by atomic mass is 10.1. The van der Waals surface area contributed by atoms with Crippen LogP contribution in [-0.4, -0.2) is 13.4 Å². The Morgan fingerprint density at radius 3 is 2.50 bits per heavy atom. The molecular formula is C13H14BrN3O2S. The van der Waals surface area contributed by atoms with Gasteiger partial charge in [-0.1, -0.05) is 0 Å². The first-order valence-corrected chi connectivity index (χ1v) is 8.08. The van der Waals surface area contributed by atoms with Gasteiger partial charge in [0.05, 0.1) is 4.90 Å². The molecule has 5 nitrogen and oxygen atoms in total. The average Bonchev–Trinajstić information content (AvgIpc) is 2.38. The molecule has 2 aromatic rings. The summed E-state index contributed by atoms with van der Waals surface area (Å²) in [5, 5.41) is 0. The van der Waals surface area contributed by atoms with Crippen LogP contribution < -0.4 is 10.5 Å². The molecule has 0 aliphatic carbocycles. The maximum atomic E-state index is 12.3. The normalized spacial score (nSPS) is 11.3. The smallest absolute Gasteiger partial charge is 0.263 e. The van der Waals surface area contributed by atoms with Gasteiger partial charge in [0.25, 0.3) is 10.0 Å². The Morgan fingerprint density at radius 1 is 1.25 bits per heavy atom. The van der Waals surface area contributed by atoms with Crippen molar-refractivity contribution in [1.82, 2.24) is 4.98 Å². The molecule has 1 aromatic carbocycles. The first-order chi connectivity index (χ1) is 9.29. The van der Waals surface area contributed by atoms with Gasteiger partial charge >= 0.3 is 0 Å². The van der Waals surface area contributed by atoms with Crippen molar-refractivity contribution in [1.29, 1.82) is 0 Å². The maximum absolute atomic E-state index is 12.3. The highest BCUT2D eigenvalue weighted by Crippen LogP contribution is 2.23. The molecule has 7 heteroatoms. The number of nitrogens with one attached hydrogen (secondary N) is 1. The van der Waals surface area contributed by atoms with Crippen molar-refractivity contribution in [2.24, 2.45) is 0 Å². The summed E-state index contributed by atoms with van der Waals surface area (Å²) in [5.41, 5.74) is 7.98. The van der Waals surface area contributed by atoms with Gasteiger partial charge in [-0.3, -0.25) is 4.72 Å². The van der Waals surface area contributed by atoms with E-state index >= 15 is 0 Å². The fourth-order valence-electron chi connectivity index (χ4n) is 1.64. The molecule has 0 saturated heterocycles. The quantitative estimate of drug-likeness (QED) is 0.829. The number of rotatable bonds is 3. The van der Waals surface area contributed by atoms with Crippen molar-refractivity contribution in [2.75, 3.05) is 10.5 Å². The third-order valence-corrected chi connectivity index (χ3v) is 4.76. The predicted octanol–water partition coefficient (Wildman–Crippen LogP) is 2.84. The van der Waals surface area contributed by atoms with E-state index in [9.17, 15) is 8.42 Å². The number of sulfonamides is 1. The molecule has 0 atom stereocenters. The Labute approximate surface area is 126 Å². The van der Waals surface area contributed by atoms with Crippen LogP contribution in [0.25, 0.3) is 0 Å². The van der Waals surface area contributed by atoms with E-state index in [-0.39, 0.29) is 10.7 Å². The van der Waals surface area contributed by atoms with Crippen molar-refractivity contribution in [3.8, 4) is 0 Å². The van der Waals surface area contributed by atoms with Gasteiger partial charge < -0.3 is 5.73 Å². The Hall–Kier alpha value is -1.60. The van der Waals surface area contributed by atoms with Gasteiger partial charge in [0.15, 0.2) is 0 Å². The lowest BCUT2D eigenvalue weighted by Gasteiger charge is -2.11. The summed E-state index contributed by atoms with van der Waals surface area (Å²) in [4.78, 5) is 4.11. The second kappa shape index (κ2) is 5.41. The fraction of sp³-hybridized carbons (Fsp3) is 0.154. The minimum absolute atomic E-state index is 0.128. The Kier molecular flexibility index (Phi) is 4.01. The number of benzene rings is 1. The highest BCUT2D eigenvalue weighted by atomic mass is 79.9. The number of aryl methyl sites for hydroxylation is 1. The number of anilines is 2. The maximum Gasteiger partial charge on any atom is 0.263 e. The molecule has 0 amide bonds. The lowest BCUT2D eigenvalue weighted by molar-refractivity contribution is 0.601. The van der Waals surface area contributed by atoms with Crippen LogP contribution in [0.2, 0.25) is 0 Å². The van der Waals surface area contributed by atoms with Crippen LogP contribution in [0.3, 0.4) is 0 Å². The second-order valence-corrected chi connectivity index (χ2v) is 7.02. The Bertz CT molecular complexity index is 720. The summed E-state index contributed by atoms with van der Waals surface area (Å²) >= 11 is 3.24. The molecule has 0 unspecified atom stereocenters. The van der Waals surface area contributed by atoms with Gasteiger partial charge in [-0.2, -0.15) is 0 Å². The van der Waals surface area contributed by atoms with Gasteiger partial charge in [0.2, 0.25) is 0 Å². The zero-order valence-corrected chi connectivity index (χ0v) is 13.4. The Balaban J connectivity index is 2.38. The number of aromatic nitrogens is 1. The second-order valence-electron chi connectivity index (χ2n) is 4.42. The number of nitrogen functional groups attached to an aromatic ring is 1. The highest BCUT2D eigenvalue weighted by Gasteiger charge is 2.17. The molecule has 0 radical (unpaired) electrons. The molecule has 0 aliphatic heterocycles. The zero-order valence-electron chi connectivity index (χ0n) is 11.0. The molecule has 0 aliphatic rings. The van der Waals surface area contributed by atoms with E-state index in [0.29, 0.717) is 5.69 Å². The molecule has 1 aromatic heterocycles. The van der Waals surface area contributed by atoms with E-state index in [0.717, 1.165) is 15.6 Å². The lowest BCUT2D eigenvalue weighted by Crippen LogP contribution is -2.14. The van der Waals surface area contributed by atoms with E-state index in [2.05, 4.69) is 25.6 Å². The fourth-order valence-corrected chi connectivity index (χ4v) is 3.00. The summed E-state index contributed by atoms with van der Waals surface area (Å²) in [6.45, 7) is 3.67. The van der Waals surface area contributed by atoms with Gasteiger partial charge in [-0.15, -0.1) is 0 Å². The molecule has 20 heavy (non-hydrogen) atoms. The molecule has 1 heterocycles. The van der Waals surface area contributed by atoms with Crippen molar-refractivity contribution < 1.29 is 8.42 Å². The summed E-state index contributed by atoms with van der Waals surface area (Å²) in [6.07, 6.45) is 1.52. The molecule has 3 N–H and O–H groups in total. The monoisotopic (exact) mass is 355 g/mol. The van der Waals surface area contributed by atoms with Crippen LogP contribution in [0.15, 0.2) is 39.8 Å². The number of halogens is 1. The number of hydrogen-bond donors (Lipinski definition) is 2. The summed E-state index contributed by atoms with van der Waals surface area (Å²) in [5.74, 6) is 0.255. The van der Waals surface area contributed by atoms with Gasteiger partial charge in [0.1, 0.15) is 5.82 Å². The highest BCUT2D eigenvalue weighted by molar-refractivity contribution is 9.10. The molecule has 0 fully saturated rings. The molecule has 2 rings (SSSR count). The Morgan fingerprint density at radius 2 is 1.95 bits per heavy atom. The average molecular weight is 356 g/mol. The predicted molar refractivity (Wildman–Crippen MR) is 83.1 cm³/mol. The van der Waals surface area contributed by atoms with Crippen molar-refractivity contribution in [3.05, 3.63) is 46.1 Å². The van der Waals surface area contributed by atoms with Crippen molar-refractivity contribution in [2.45, 2.75) is 18.7 Å². The van der Waals surface area contributed by atoms with Crippen LogP contribution in [-0.2, 0) is 10.0 Å². The van der Waals surface area contributed by atoms with E-state index in [1.165, 1.54) is 12.3 Å². The first-order valence-electron chi connectivity index (χ1n) is 5.81.